The van der Waals surface area contributed by atoms with Crippen molar-refractivity contribution in [1.29, 1.82) is 0 Å². The first-order chi connectivity index (χ1) is 15.9. The maximum Gasteiger partial charge on any atom is 0.389 e. The maximum absolute atomic E-state index is 12.7. The number of carbonyl (C=O) groups is 2. The predicted molar refractivity (Wildman–Crippen MR) is 125 cm³/mol. The van der Waals surface area contributed by atoms with Crippen molar-refractivity contribution in [2.75, 3.05) is 0 Å². The molecule has 0 amide bonds. The van der Waals surface area contributed by atoms with Crippen molar-refractivity contribution in [2.45, 2.75) is 129 Å². The molecule has 4 fully saturated rings. The molecule has 194 valence electrons. The van der Waals surface area contributed by atoms with Gasteiger partial charge in [0, 0.05) is 24.7 Å². The van der Waals surface area contributed by atoms with Gasteiger partial charge in [0.1, 0.15) is 11.9 Å². The fourth-order valence-corrected chi connectivity index (χ4v) is 8.67. The van der Waals surface area contributed by atoms with Crippen molar-refractivity contribution in [3.05, 3.63) is 0 Å². The Hall–Kier alpha value is -1.07. The molecule has 4 saturated carbocycles. The first-order valence-corrected chi connectivity index (χ1v) is 13.7. The Morgan fingerprint density at radius 1 is 0.912 bits per heavy atom. The fraction of sp³-hybridized carbons (Fsp3) is 0.929. The minimum absolute atomic E-state index is 0.0298. The normalized spacial score (nSPS) is 42.0. The lowest BCUT2D eigenvalue weighted by Gasteiger charge is -2.66. The van der Waals surface area contributed by atoms with Gasteiger partial charge in [-0.2, -0.15) is 13.2 Å². The zero-order chi connectivity index (χ0) is 24.8. The van der Waals surface area contributed by atoms with Gasteiger partial charge >= 0.3 is 12.1 Å². The molecule has 0 N–H and O–H groups in total. The zero-order valence-electron chi connectivity index (χ0n) is 21.3. The lowest BCUT2D eigenvalue weighted by atomic mass is 9.39. The largest absolute Gasteiger partial charge is 0.462 e. The Bertz CT molecular complexity index is 779. The van der Waals surface area contributed by atoms with Gasteiger partial charge in [-0.15, -0.1) is 0 Å². The number of halogens is 3. The van der Waals surface area contributed by atoms with E-state index in [9.17, 15) is 22.8 Å². The quantitative estimate of drug-likeness (QED) is 0.273. The number of unbranched alkanes of at least 4 members (excludes halogenated alkanes) is 3. The van der Waals surface area contributed by atoms with Gasteiger partial charge in [0.2, 0.25) is 0 Å². The van der Waals surface area contributed by atoms with Gasteiger partial charge < -0.3 is 4.74 Å². The van der Waals surface area contributed by atoms with Gasteiger partial charge in [-0.1, -0.05) is 33.6 Å². The van der Waals surface area contributed by atoms with E-state index in [1.807, 2.05) is 0 Å². The lowest BCUT2D eigenvalue weighted by molar-refractivity contribution is -0.188. The average molecular weight is 485 g/mol. The van der Waals surface area contributed by atoms with Crippen LogP contribution < -0.4 is 0 Å². The third-order valence-electron chi connectivity index (χ3n) is 11.1. The van der Waals surface area contributed by atoms with Crippen LogP contribution >= 0.6 is 0 Å². The predicted octanol–water partition coefficient (Wildman–Crippen LogP) is 7.80. The molecule has 0 radical (unpaired) electrons. The number of fused-ring (bicyclic) bond motifs is 5. The van der Waals surface area contributed by atoms with Gasteiger partial charge in [-0.05, 0) is 92.8 Å². The van der Waals surface area contributed by atoms with E-state index in [-0.39, 0.29) is 34.7 Å². The summed E-state index contributed by atoms with van der Waals surface area (Å²) in [5.74, 6) is 1.99. The summed E-state index contributed by atoms with van der Waals surface area (Å²) >= 11 is 0. The highest BCUT2D eigenvalue weighted by molar-refractivity contribution is 5.87. The van der Waals surface area contributed by atoms with E-state index >= 15 is 0 Å². The van der Waals surface area contributed by atoms with Crippen molar-refractivity contribution in [3.63, 3.8) is 0 Å². The second kappa shape index (κ2) is 9.42. The average Bonchev–Trinajstić information content (AvgIpc) is 3.05. The number of carbonyl (C=O) groups excluding carboxylic acids is 2. The van der Waals surface area contributed by atoms with Crippen LogP contribution in [-0.4, -0.2) is 24.0 Å². The van der Waals surface area contributed by atoms with Crippen LogP contribution in [0.4, 0.5) is 13.2 Å². The van der Waals surface area contributed by atoms with Crippen LogP contribution in [0, 0.1) is 34.0 Å². The van der Waals surface area contributed by atoms with E-state index in [4.69, 9.17) is 4.74 Å². The number of rotatable bonds is 7. The number of hydrogen-bond acceptors (Lipinski definition) is 3. The smallest absolute Gasteiger partial charge is 0.389 e. The van der Waals surface area contributed by atoms with Crippen LogP contribution in [0.25, 0.3) is 0 Å². The Labute approximate surface area is 203 Å². The van der Waals surface area contributed by atoms with Crippen molar-refractivity contribution in [3.8, 4) is 0 Å². The highest BCUT2D eigenvalue weighted by Gasteiger charge is 2.65. The molecule has 0 aromatic rings. The lowest BCUT2D eigenvalue weighted by Crippen LogP contribution is -2.60. The summed E-state index contributed by atoms with van der Waals surface area (Å²) in [6.45, 7) is 7.20. The highest BCUT2D eigenvalue weighted by Crippen LogP contribution is 2.71. The second-order valence-corrected chi connectivity index (χ2v) is 12.6. The highest BCUT2D eigenvalue weighted by atomic mass is 19.4. The first-order valence-electron chi connectivity index (χ1n) is 13.7. The Morgan fingerprint density at radius 3 is 2.38 bits per heavy atom. The van der Waals surface area contributed by atoms with Crippen molar-refractivity contribution in [1.82, 2.24) is 0 Å². The van der Waals surface area contributed by atoms with Crippen LogP contribution in [-0.2, 0) is 14.3 Å². The van der Waals surface area contributed by atoms with Crippen molar-refractivity contribution >= 4 is 11.8 Å². The fourth-order valence-electron chi connectivity index (χ4n) is 8.67. The summed E-state index contributed by atoms with van der Waals surface area (Å²) in [6.07, 6.45) is 6.52. The maximum atomic E-state index is 12.7. The van der Waals surface area contributed by atoms with E-state index in [0.29, 0.717) is 49.2 Å². The summed E-state index contributed by atoms with van der Waals surface area (Å²) in [5.41, 5.74) is 0.368. The Morgan fingerprint density at radius 2 is 1.65 bits per heavy atom. The number of ether oxygens (including phenoxy) is 1. The van der Waals surface area contributed by atoms with Gasteiger partial charge in [0.25, 0.3) is 0 Å². The number of hydrogen-bond donors (Lipinski definition) is 0. The summed E-state index contributed by atoms with van der Waals surface area (Å²) < 4.78 is 42.5. The van der Waals surface area contributed by atoms with E-state index in [1.54, 1.807) is 0 Å². The molecule has 4 rings (SSSR count). The molecule has 4 aliphatic rings. The Kier molecular flexibility index (Phi) is 7.21. The van der Waals surface area contributed by atoms with Crippen LogP contribution in [0.15, 0.2) is 0 Å². The summed E-state index contributed by atoms with van der Waals surface area (Å²) in [6, 6.07) is 0. The molecule has 0 spiro atoms. The third-order valence-corrected chi connectivity index (χ3v) is 11.1. The summed E-state index contributed by atoms with van der Waals surface area (Å²) in [7, 11) is 0. The van der Waals surface area contributed by atoms with Crippen LogP contribution in [0.1, 0.15) is 117 Å². The minimum atomic E-state index is -4.09. The first kappa shape index (κ1) is 26.0. The molecular formula is C28H43F3O3. The molecule has 4 aliphatic carbocycles. The van der Waals surface area contributed by atoms with Crippen LogP contribution in [0.5, 0.6) is 0 Å². The van der Waals surface area contributed by atoms with E-state index < -0.39 is 12.6 Å². The van der Waals surface area contributed by atoms with Crippen LogP contribution in [0.2, 0.25) is 0 Å². The molecule has 0 aromatic carbocycles. The monoisotopic (exact) mass is 484 g/mol. The van der Waals surface area contributed by atoms with Crippen LogP contribution in [0.3, 0.4) is 0 Å². The van der Waals surface area contributed by atoms with Crippen molar-refractivity contribution < 1.29 is 27.5 Å². The van der Waals surface area contributed by atoms with E-state index in [0.717, 1.165) is 51.4 Å². The molecule has 0 bridgehead atoms. The van der Waals surface area contributed by atoms with Gasteiger partial charge in [-0.3, -0.25) is 9.59 Å². The molecule has 0 saturated heterocycles. The minimum Gasteiger partial charge on any atom is -0.462 e. The molecule has 7 unspecified atom stereocenters. The standard InChI is InChI=1S/C28H43F3O3/c1-25-16-17-27(3)22(21(25)11-12-23(25)32)10-9-19-18-20(13-15-26(19,27)2)34-24(33)8-6-4-5-7-14-28(29,30)31/h19-22H,4-18H2,1-3H3. The molecule has 3 nitrogen and oxygen atoms in total. The third kappa shape index (κ3) is 4.68. The molecule has 7 atom stereocenters. The van der Waals surface area contributed by atoms with E-state index in [2.05, 4.69) is 20.8 Å². The number of Topliss-reactive ketones (excluding diaryl/α,β-unsaturated/α-hetero) is 1. The molecule has 0 heterocycles. The summed E-state index contributed by atoms with van der Waals surface area (Å²) in [4.78, 5) is 25.1. The molecular weight excluding hydrogens is 441 g/mol. The number of alkyl halides is 3. The SMILES string of the molecule is CC12CCC3(C)C(CCC4CC(OC(=O)CCCCCCC(F)(F)F)CCC43C)C1CCC2=O. The second-order valence-electron chi connectivity index (χ2n) is 12.6. The Balaban J connectivity index is 1.28. The topological polar surface area (TPSA) is 43.4 Å². The number of esters is 1. The molecule has 6 heteroatoms. The zero-order valence-corrected chi connectivity index (χ0v) is 21.3. The molecule has 0 aromatic heterocycles. The summed E-state index contributed by atoms with van der Waals surface area (Å²) in [5, 5.41) is 0. The van der Waals surface area contributed by atoms with E-state index in [1.165, 1.54) is 6.42 Å². The van der Waals surface area contributed by atoms with Crippen molar-refractivity contribution in [2.24, 2.45) is 34.0 Å². The molecule has 34 heavy (non-hydrogen) atoms. The molecule has 0 aliphatic heterocycles. The van der Waals surface area contributed by atoms with Gasteiger partial charge in [0.15, 0.2) is 0 Å². The number of ketones is 1. The van der Waals surface area contributed by atoms with Gasteiger partial charge in [-0.25, -0.2) is 0 Å². The van der Waals surface area contributed by atoms with Gasteiger partial charge in [0.05, 0.1) is 0 Å².